The first-order chi connectivity index (χ1) is 11.9. The van der Waals surface area contributed by atoms with Crippen LogP contribution in [0.3, 0.4) is 0 Å². The minimum atomic E-state index is -1.32. The van der Waals surface area contributed by atoms with Crippen LogP contribution in [0.4, 0.5) is 4.79 Å². The Balaban J connectivity index is 2.19. The number of nitrogens with one attached hydrogen (secondary N) is 1. The molecule has 0 bridgehead atoms. The van der Waals surface area contributed by atoms with Gasteiger partial charge in [0.05, 0.1) is 12.5 Å². The summed E-state index contributed by atoms with van der Waals surface area (Å²) < 4.78 is 9.62. The van der Waals surface area contributed by atoms with Gasteiger partial charge in [-0.15, -0.1) is 0 Å². The summed E-state index contributed by atoms with van der Waals surface area (Å²) in [6.45, 7) is -0.159. The maximum Gasteiger partial charge on any atom is 0.407 e. The van der Waals surface area contributed by atoms with Crippen molar-refractivity contribution in [2.45, 2.75) is 31.6 Å². The van der Waals surface area contributed by atoms with Crippen molar-refractivity contribution in [2.75, 3.05) is 13.2 Å². The van der Waals surface area contributed by atoms with E-state index in [1.54, 1.807) is 0 Å². The average Bonchev–Trinajstić information content (AvgIpc) is 2.59. The van der Waals surface area contributed by atoms with Crippen LogP contribution in [0, 0.1) is 0 Å². The van der Waals surface area contributed by atoms with Crippen LogP contribution in [-0.2, 0) is 25.7 Å². The molecule has 9 nitrogen and oxygen atoms in total. The second-order valence-electron chi connectivity index (χ2n) is 5.18. The number of aliphatic carboxylic acids is 1. The van der Waals surface area contributed by atoms with Crippen LogP contribution in [0.2, 0.25) is 0 Å². The molecule has 1 amide bonds. The molecule has 25 heavy (non-hydrogen) atoms. The van der Waals surface area contributed by atoms with Crippen molar-refractivity contribution in [1.82, 2.24) is 5.32 Å². The van der Waals surface area contributed by atoms with E-state index in [9.17, 15) is 19.5 Å². The summed E-state index contributed by atoms with van der Waals surface area (Å²) in [6.07, 6.45) is -2.24. The Kier molecular flexibility index (Phi) is 8.97. The first-order valence-corrected chi connectivity index (χ1v) is 7.66. The van der Waals surface area contributed by atoms with Crippen molar-refractivity contribution in [3.05, 3.63) is 35.9 Å². The maximum absolute atomic E-state index is 11.5. The standard InChI is InChI=1S/C16H22N2O7/c17-14(15(22)24-9-7-13(20)21)12(19)6-8-18-16(23)25-10-11-4-2-1-3-5-11/h1-5,12,14,19H,6-10,17H2,(H,18,23)(H,20,21)/t12?,14-/m0/s1. The number of carbonyl (C=O) groups is 3. The van der Waals surface area contributed by atoms with Gasteiger partial charge in [-0.05, 0) is 12.0 Å². The summed E-state index contributed by atoms with van der Waals surface area (Å²) in [5.41, 5.74) is 6.35. The Morgan fingerprint density at radius 1 is 1.16 bits per heavy atom. The zero-order valence-electron chi connectivity index (χ0n) is 13.6. The topological polar surface area (TPSA) is 148 Å². The van der Waals surface area contributed by atoms with E-state index in [4.69, 9.17) is 15.6 Å². The number of rotatable bonds is 10. The fourth-order valence-corrected chi connectivity index (χ4v) is 1.77. The number of alkyl carbamates (subject to hydrolysis) is 1. The summed E-state index contributed by atoms with van der Waals surface area (Å²) in [4.78, 5) is 33.3. The lowest BCUT2D eigenvalue weighted by atomic mass is 10.1. The van der Waals surface area contributed by atoms with Gasteiger partial charge < -0.3 is 30.7 Å². The van der Waals surface area contributed by atoms with E-state index in [0.29, 0.717) is 0 Å². The zero-order valence-corrected chi connectivity index (χ0v) is 13.6. The zero-order chi connectivity index (χ0) is 18.7. The molecule has 9 heteroatoms. The Bertz CT molecular complexity index is 565. The highest BCUT2D eigenvalue weighted by molar-refractivity contribution is 5.76. The molecule has 0 saturated carbocycles. The number of hydrogen-bond acceptors (Lipinski definition) is 7. The fraction of sp³-hybridized carbons (Fsp3) is 0.438. The second-order valence-corrected chi connectivity index (χ2v) is 5.18. The van der Waals surface area contributed by atoms with Gasteiger partial charge in [0.15, 0.2) is 0 Å². The summed E-state index contributed by atoms with van der Waals surface area (Å²) in [5.74, 6) is -2.01. The van der Waals surface area contributed by atoms with Crippen LogP contribution in [-0.4, -0.2) is 53.5 Å². The van der Waals surface area contributed by atoms with Gasteiger partial charge in [0, 0.05) is 6.54 Å². The highest BCUT2D eigenvalue weighted by Gasteiger charge is 2.24. The molecule has 0 aliphatic heterocycles. The van der Waals surface area contributed by atoms with Gasteiger partial charge in [-0.1, -0.05) is 30.3 Å². The summed E-state index contributed by atoms with van der Waals surface area (Å²) >= 11 is 0. The smallest absolute Gasteiger partial charge is 0.407 e. The largest absolute Gasteiger partial charge is 0.481 e. The van der Waals surface area contributed by atoms with Gasteiger partial charge >= 0.3 is 18.0 Å². The molecule has 0 radical (unpaired) electrons. The van der Waals surface area contributed by atoms with E-state index < -0.39 is 30.2 Å². The van der Waals surface area contributed by atoms with E-state index >= 15 is 0 Å². The number of nitrogens with two attached hydrogens (primary N) is 1. The molecule has 1 unspecified atom stereocenters. The van der Waals surface area contributed by atoms with Crippen LogP contribution >= 0.6 is 0 Å². The van der Waals surface area contributed by atoms with Gasteiger partial charge in [-0.3, -0.25) is 9.59 Å². The van der Waals surface area contributed by atoms with Crippen molar-refractivity contribution in [3.63, 3.8) is 0 Å². The fourth-order valence-electron chi connectivity index (χ4n) is 1.77. The van der Waals surface area contributed by atoms with Gasteiger partial charge in [0.25, 0.3) is 0 Å². The molecular weight excluding hydrogens is 332 g/mol. The van der Waals surface area contributed by atoms with E-state index in [-0.39, 0.29) is 32.6 Å². The van der Waals surface area contributed by atoms with Crippen molar-refractivity contribution in [2.24, 2.45) is 5.73 Å². The molecule has 0 saturated heterocycles. The molecule has 5 N–H and O–H groups in total. The molecule has 2 atom stereocenters. The monoisotopic (exact) mass is 354 g/mol. The summed E-state index contributed by atoms with van der Waals surface area (Å²) in [7, 11) is 0. The summed E-state index contributed by atoms with van der Waals surface area (Å²) in [6, 6.07) is 7.79. The van der Waals surface area contributed by atoms with Crippen LogP contribution in [0.25, 0.3) is 0 Å². The van der Waals surface area contributed by atoms with Crippen LogP contribution in [0.15, 0.2) is 30.3 Å². The third-order valence-corrected chi connectivity index (χ3v) is 3.17. The first-order valence-electron chi connectivity index (χ1n) is 7.66. The predicted molar refractivity (Wildman–Crippen MR) is 86.4 cm³/mol. The number of carboxylic acids is 1. The molecule has 0 spiro atoms. The summed E-state index contributed by atoms with van der Waals surface area (Å²) in [5, 5.41) is 20.6. The van der Waals surface area contributed by atoms with Gasteiger partial charge in [0.1, 0.15) is 19.3 Å². The number of aliphatic hydroxyl groups excluding tert-OH is 1. The molecule has 1 aromatic rings. The Morgan fingerprint density at radius 3 is 2.48 bits per heavy atom. The van der Waals surface area contributed by atoms with Crippen LogP contribution < -0.4 is 11.1 Å². The lowest BCUT2D eigenvalue weighted by molar-refractivity contribution is -0.150. The quantitative estimate of drug-likeness (QED) is 0.429. The minimum absolute atomic E-state index is 0.00956. The number of aliphatic hydroxyl groups is 1. The van der Waals surface area contributed by atoms with Gasteiger partial charge in [0.2, 0.25) is 0 Å². The Labute approximate surface area is 144 Å². The maximum atomic E-state index is 11.5. The molecule has 0 aromatic heterocycles. The van der Waals surface area contributed by atoms with E-state index in [1.165, 1.54) is 0 Å². The Morgan fingerprint density at radius 2 is 1.84 bits per heavy atom. The molecule has 1 rings (SSSR count). The average molecular weight is 354 g/mol. The van der Waals surface area contributed by atoms with Gasteiger partial charge in [-0.25, -0.2) is 4.79 Å². The van der Waals surface area contributed by atoms with Crippen molar-refractivity contribution in [3.8, 4) is 0 Å². The SMILES string of the molecule is N[C@H](C(=O)OCCC(=O)O)C(O)CCNC(=O)OCc1ccccc1. The lowest BCUT2D eigenvalue weighted by Crippen LogP contribution is -2.44. The first kappa shape index (κ1) is 20.4. The van der Waals surface area contributed by atoms with Gasteiger partial charge in [-0.2, -0.15) is 0 Å². The van der Waals surface area contributed by atoms with Crippen molar-refractivity contribution in [1.29, 1.82) is 0 Å². The molecule has 0 heterocycles. The van der Waals surface area contributed by atoms with E-state index in [2.05, 4.69) is 10.1 Å². The highest BCUT2D eigenvalue weighted by Crippen LogP contribution is 2.02. The highest BCUT2D eigenvalue weighted by atomic mass is 16.5. The number of benzene rings is 1. The predicted octanol–water partition coefficient (Wildman–Crippen LogP) is 0.00900. The number of amides is 1. The number of ether oxygens (including phenoxy) is 2. The second kappa shape index (κ2) is 11.0. The van der Waals surface area contributed by atoms with Crippen molar-refractivity contribution >= 4 is 18.0 Å². The third-order valence-electron chi connectivity index (χ3n) is 3.17. The number of hydrogen-bond donors (Lipinski definition) is 4. The third kappa shape index (κ3) is 8.68. The number of carbonyl (C=O) groups excluding carboxylic acids is 2. The molecule has 138 valence electrons. The van der Waals surface area contributed by atoms with E-state index in [0.717, 1.165) is 5.56 Å². The number of esters is 1. The van der Waals surface area contributed by atoms with Crippen LogP contribution in [0.5, 0.6) is 0 Å². The Hall–Kier alpha value is -2.65. The lowest BCUT2D eigenvalue weighted by Gasteiger charge is -2.17. The molecule has 1 aromatic carbocycles. The normalized spacial score (nSPS) is 12.7. The minimum Gasteiger partial charge on any atom is -0.481 e. The van der Waals surface area contributed by atoms with E-state index in [1.807, 2.05) is 30.3 Å². The van der Waals surface area contributed by atoms with Crippen LogP contribution in [0.1, 0.15) is 18.4 Å². The molecule has 0 fully saturated rings. The molecular formula is C16H22N2O7. The molecule has 0 aliphatic rings. The number of carboxylic acid groups (broad SMARTS) is 1. The molecule has 0 aliphatic carbocycles. The van der Waals surface area contributed by atoms with Crippen molar-refractivity contribution < 1.29 is 34.1 Å².